The Bertz CT molecular complexity index is 619. The minimum atomic E-state index is -4.45. The third kappa shape index (κ3) is 3.87. The van der Waals surface area contributed by atoms with Crippen LogP contribution in [-0.4, -0.2) is 15.8 Å². The van der Waals surface area contributed by atoms with Crippen molar-refractivity contribution in [2.24, 2.45) is 0 Å². The monoisotopic (exact) mass is 294 g/mol. The Kier molecular flexibility index (Phi) is 4.35. The molecule has 2 aromatic heterocycles. The number of Topliss-reactive ketones (excluding diaryl/α,β-unsaturated/α-hetero) is 1. The van der Waals surface area contributed by atoms with Crippen LogP contribution in [0.1, 0.15) is 34.2 Å². The summed E-state index contributed by atoms with van der Waals surface area (Å²) in [6.07, 6.45) is -1.24. The molecule has 0 saturated carbocycles. The number of halogens is 3. The molecular weight excluding hydrogens is 281 g/mol. The Labute approximate surface area is 119 Å². The lowest BCUT2D eigenvalue weighted by Crippen LogP contribution is -2.10. The molecule has 0 bridgehead atoms. The molecule has 0 aliphatic rings. The van der Waals surface area contributed by atoms with Gasteiger partial charge in [-0.1, -0.05) is 13.0 Å². The Morgan fingerprint density at radius 1 is 1.10 bits per heavy atom. The zero-order chi connectivity index (χ0) is 15.5. The highest BCUT2D eigenvalue weighted by Gasteiger charge is 2.30. The maximum absolute atomic E-state index is 12.4. The molecule has 21 heavy (non-hydrogen) atoms. The smallest absolute Gasteiger partial charge is 0.292 e. The average molecular weight is 294 g/mol. The number of carbonyl (C=O) groups is 1. The molecule has 2 heterocycles. The van der Waals surface area contributed by atoms with Crippen molar-refractivity contribution in [1.29, 1.82) is 0 Å². The first-order valence-electron chi connectivity index (χ1n) is 6.40. The second-order valence-corrected chi connectivity index (χ2v) is 4.54. The van der Waals surface area contributed by atoms with E-state index in [9.17, 15) is 18.0 Å². The van der Waals surface area contributed by atoms with E-state index in [0.29, 0.717) is 11.9 Å². The molecule has 0 aliphatic carbocycles. The molecule has 2 aromatic rings. The van der Waals surface area contributed by atoms with Crippen molar-refractivity contribution in [1.82, 2.24) is 9.97 Å². The van der Waals surface area contributed by atoms with E-state index in [2.05, 4.69) is 9.97 Å². The molecule has 2 rings (SSSR count). The molecule has 110 valence electrons. The van der Waals surface area contributed by atoms with Crippen LogP contribution in [0, 0.1) is 0 Å². The summed E-state index contributed by atoms with van der Waals surface area (Å²) in [5, 5.41) is 0. The molecular formula is C15H13F3N2O. The van der Waals surface area contributed by atoms with E-state index in [-0.39, 0.29) is 17.9 Å². The summed E-state index contributed by atoms with van der Waals surface area (Å²) in [7, 11) is 0. The quantitative estimate of drug-likeness (QED) is 0.811. The van der Waals surface area contributed by atoms with Gasteiger partial charge in [0, 0.05) is 18.1 Å². The maximum Gasteiger partial charge on any atom is 0.417 e. The standard InChI is InChI=1S/C15H13F3N2O/c1-2-10-3-5-12(19-8-10)7-14(21)13-6-4-11(9-20-13)15(16,17)18/h3-6,8-9H,2,7H2,1H3. The van der Waals surface area contributed by atoms with Crippen LogP contribution in [0.25, 0.3) is 0 Å². The van der Waals surface area contributed by atoms with Gasteiger partial charge < -0.3 is 0 Å². The van der Waals surface area contributed by atoms with Gasteiger partial charge in [-0.3, -0.25) is 14.8 Å². The Morgan fingerprint density at radius 2 is 1.86 bits per heavy atom. The number of hydrogen-bond acceptors (Lipinski definition) is 3. The van der Waals surface area contributed by atoms with Crippen LogP contribution in [0.15, 0.2) is 36.7 Å². The topological polar surface area (TPSA) is 42.9 Å². The lowest BCUT2D eigenvalue weighted by atomic mass is 10.1. The fourth-order valence-corrected chi connectivity index (χ4v) is 1.75. The van der Waals surface area contributed by atoms with Crippen molar-refractivity contribution in [3.8, 4) is 0 Å². The van der Waals surface area contributed by atoms with Gasteiger partial charge in [-0.25, -0.2) is 0 Å². The minimum absolute atomic E-state index is 0.00404. The predicted octanol–water partition coefficient (Wildman–Crippen LogP) is 3.48. The van der Waals surface area contributed by atoms with Crippen LogP contribution in [0.2, 0.25) is 0 Å². The van der Waals surface area contributed by atoms with Crippen molar-refractivity contribution in [3.05, 3.63) is 59.2 Å². The third-order valence-electron chi connectivity index (χ3n) is 3.01. The second-order valence-electron chi connectivity index (χ2n) is 4.54. The van der Waals surface area contributed by atoms with Crippen LogP contribution >= 0.6 is 0 Å². The Balaban J connectivity index is 2.09. The highest BCUT2D eigenvalue weighted by atomic mass is 19.4. The van der Waals surface area contributed by atoms with Crippen LogP contribution in [0.4, 0.5) is 13.2 Å². The minimum Gasteiger partial charge on any atom is -0.292 e. The summed E-state index contributed by atoms with van der Waals surface area (Å²) in [6.45, 7) is 1.99. The molecule has 0 aliphatic heterocycles. The van der Waals surface area contributed by atoms with Gasteiger partial charge in [0.25, 0.3) is 0 Å². The zero-order valence-electron chi connectivity index (χ0n) is 11.3. The van der Waals surface area contributed by atoms with E-state index >= 15 is 0 Å². The normalized spacial score (nSPS) is 11.4. The third-order valence-corrected chi connectivity index (χ3v) is 3.01. The molecule has 0 saturated heterocycles. The number of aryl methyl sites for hydroxylation is 1. The highest BCUT2D eigenvalue weighted by Crippen LogP contribution is 2.28. The van der Waals surface area contributed by atoms with Gasteiger partial charge in [0.2, 0.25) is 0 Å². The van der Waals surface area contributed by atoms with Gasteiger partial charge in [0.05, 0.1) is 12.0 Å². The van der Waals surface area contributed by atoms with Gasteiger partial charge in [-0.15, -0.1) is 0 Å². The van der Waals surface area contributed by atoms with Crippen molar-refractivity contribution in [3.63, 3.8) is 0 Å². The maximum atomic E-state index is 12.4. The van der Waals surface area contributed by atoms with Gasteiger partial charge in [-0.2, -0.15) is 13.2 Å². The number of pyridine rings is 2. The number of rotatable bonds is 4. The van der Waals surface area contributed by atoms with Crippen LogP contribution in [-0.2, 0) is 19.0 Å². The van der Waals surface area contributed by atoms with E-state index in [1.165, 1.54) is 0 Å². The first-order valence-corrected chi connectivity index (χ1v) is 6.40. The molecule has 0 atom stereocenters. The van der Waals surface area contributed by atoms with Crippen LogP contribution in [0.5, 0.6) is 0 Å². The zero-order valence-corrected chi connectivity index (χ0v) is 11.3. The first kappa shape index (κ1) is 15.2. The van der Waals surface area contributed by atoms with Crippen molar-refractivity contribution in [2.45, 2.75) is 25.9 Å². The van der Waals surface area contributed by atoms with E-state index in [0.717, 1.165) is 24.1 Å². The molecule has 0 spiro atoms. The van der Waals surface area contributed by atoms with Crippen molar-refractivity contribution < 1.29 is 18.0 Å². The molecule has 3 nitrogen and oxygen atoms in total. The summed E-state index contributed by atoms with van der Waals surface area (Å²) < 4.78 is 37.2. The fourth-order valence-electron chi connectivity index (χ4n) is 1.75. The second kappa shape index (κ2) is 6.03. The van der Waals surface area contributed by atoms with Crippen LogP contribution in [0.3, 0.4) is 0 Å². The largest absolute Gasteiger partial charge is 0.417 e. The summed E-state index contributed by atoms with van der Waals surface area (Å²) in [6, 6.07) is 5.55. The van der Waals surface area contributed by atoms with Gasteiger partial charge in [-0.05, 0) is 30.2 Å². The van der Waals surface area contributed by atoms with Crippen molar-refractivity contribution in [2.75, 3.05) is 0 Å². The predicted molar refractivity (Wildman–Crippen MR) is 70.9 cm³/mol. The molecule has 0 unspecified atom stereocenters. The Morgan fingerprint density at radius 3 is 2.33 bits per heavy atom. The van der Waals surface area contributed by atoms with Crippen molar-refractivity contribution >= 4 is 5.78 Å². The number of alkyl halides is 3. The number of hydrogen-bond donors (Lipinski definition) is 0. The Hall–Kier alpha value is -2.24. The van der Waals surface area contributed by atoms with E-state index in [1.807, 2.05) is 13.0 Å². The first-order chi connectivity index (χ1) is 9.90. The van der Waals surface area contributed by atoms with Gasteiger partial charge >= 0.3 is 6.18 Å². The molecule has 0 N–H and O–H groups in total. The lowest BCUT2D eigenvalue weighted by molar-refractivity contribution is -0.137. The van der Waals surface area contributed by atoms with E-state index in [1.54, 1.807) is 12.3 Å². The molecule has 0 amide bonds. The van der Waals surface area contributed by atoms with Gasteiger partial charge in [0.1, 0.15) is 5.69 Å². The number of ketones is 1. The molecule has 0 aromatic carbocycles. The average Bonchev–Trinajstić information content (AvgIpc) is 2.47. The van der Waals surface area contributed by atoms with Gasteiger partial charge in [0.15, 0.2) is 5.78 Å². The summed E-state index contributed by atoms with van der Waals surface area (Å²) in [5.41, 5.74) is 0.756. The lowest BCUT2D eigenvalue weighted by Gasteiger charge is -2.06. The summed E-state index contributed by atoms with van der Waals surface area (Å²) in [5.74, 6) is -0.361. The van der Waals surface area contributed by atoms with E-state index in [4.69, 9.17) is 0 Å². The number of aromatic nitrogens is 2. The fraction of sp³-hybridized carbons (Fsp3) is 0.267. The van der Waals surface area contributed by atoms with Crippen LogP contribution < -0.4 is 0 Å². The SMILES string of the molecule is CCc1ccc(CC(=O)c2ccc(C(F)(F)F)cn2)nc1. The number of carbonyl (C=O) groups excluding carboxylic acids is 1. The van der Waals surface area contributed by atoms with E-state index < -0.39 is 11.7 Å². The summed E-state index contributed by atoms with van der Waals surface area (Å²) >= 11 is 0. The molecule has 0 radical (unpaired) electrons. The number of nitrogens with zero attached hydrogens (tertiary/aromatic N) is 2. The molecule has 6 heteroatoms. The highest BCUT2D eigenvalue weighted by molar-refractivity contribution is 5.95. The summed E-state index contributed by atoms with van der Waals surface area (Å²) in [4.78, 5) is 19.7. The molecule has 0 fully saturated rings.